The molecule has 6 nitrogen and oxygen atoms in total. The van der Waals surface area contributed by atoms with Gasteiger partial charge in [0.15, 0.2) is 17.7 Å². The number of nitrogens with zero attached hydrogens (tertiary/aromatic N) is 2. The Morgan fingerprint density at radius 1 is 1.21 bits per heavy atom. The highest BCUT2D eigenvalue weighted by Gasteiger charge is 2.48. The Hall–Kier alpha value is -2.53. The monoisotopic (exact) mass is 479 g/mol. The van der Waals surface area contributed by atoms with Gasteiger partial charge in [-0.25, -0.2) is 14.9 Å². The standard InChI is InChI=1S/C27H33N3O3S/c1-19-29-18-30(33-19)26-17-21(28)11-13-27(26,14-12-23-8-5-15-34-23)20-9-10-24(31-2)25(16-20)32-22-6-3-4-7-22/h5,8-10,15-16,18-19,21-22,26H,3-4,6-7,11,13,17,28H2,1-2H3/t19?,21-,26?,27-/m0/s1. The van der Waals surface area contributed by atoms with Crippen molar-refractivity contribution in [2.45, 2.75) is 81.7 Å². The van der Waals surface area contributed by atoms with Crippen LogP contribution in [0.25, 0.3) is 0 Å². The third-order valence-electron chi connectivity index (χ3n) is 7.18. The minimum absolute atomic E-state index is 0.0647. The molecule has 4 atom stereocenters. The highest BCUT2D eigenvalue weighted by Crippen LogP contribution is 2.45. The van der Waals surface area contributed by atoms with Crippen molar-refractivity contribution in [3.8, 4) is 23.3 Å². The van der Waals surface area contributed by atoms with Crippen LogP contribution in [0.15, 0.2) is 40.7 Å². The molecule has 0 amide bonds. The van der Waals surface area contributed by atoms with E-state index in [0.717, 1.165) is 54.0 Å². The van der Waals surface area contributed by atoms with E-state index in [4.69, 9.17) is 20.0 Å². The Balaban J connectivity index is 1.60. The van der Waals surface area contributed by atoms with Crippen LogP contribution >= 0.6 is 11.3 Å². The van der Waals surface area contributed by atoms with Crippen molar-refractivity contribution in [2.24, 2.45) is 10.7 Å². The van der Waals surface area contributed by atoms with E-state index in [1.165, 1.54) is 12.8 Å². The van der Waals surface area contributed by atoms with Crippen molar-refractivity contribution in [3.05, 3.63) is 46.2 Å². The van der Waals surface area contributed by atoms with Crippen LogP contribution in [0.4, 0.5) is 0 Å². The van der Waals surface area contributed by atoms with Crippen molar-refractivity contribution >= 4 is 17.7 Å². The lowest BCUT2D eigenvalue weighted by Crippen LogP contribution is -2.55. The molecule has 7 heteroatoms. The molecule has 0 spiro atoms. The average molecular weight is 480 g/mol. The van der Waals surface area contributed by atoms with Gasteiger partial charge < -0.3 is 15.2 Å². The van der Waals surface area contributed by atoms with Gasteiger partial charge in [-0.15, -0.1) is 11.3 Å². The molecule has 2 saturated carbocycles. The van der Waals surface area contributed by atoms with Gasteiger partial charge in [0.2, 0.25) is 0 Å². The Labute approximate surface area is 206 Å². The Morgan fingerprint density at radius 3 is 2.76 bits per heavy atom. The van der Waals surface area contributed by atoms with Gasteiger partial charge >= 0.3 is 0 Å². The second-order valence-electron chi connectivity index (χ2n) is 9.47. The SMILES string of the molecule is COc1ccc([C@@]2(C#Cc3cccs3)CC[C@H](N)CC2N2C=NC(C)O2)cc1OC1CCCC1. The van der Waals surface area contributed by atoms with Crippen molar-refractivity contribution in [3.63, 3.8) is 0 Å². The summed E-state index contributed by atoms with van der Waals surface area (Å²) in [5.74, 6) is 8.71. The average Bonchev–Trinajstić information content (AvgIpc) is 3.62. The maximum absolute atomic E-state index is 6.48. The second-order valence-corrected chi connectivity index (χ2v) is 10.4. The van der Waals surface area contributed by atoms with Crippen LogP contribution in [0.2, 0.25) is 0 Å². The number of aliphatic imine (C=N–C) groups is 1. The smallest absolute Gasteiger partial charge is 0.174 e. The van der Waals surface area contributed by atoms with Crippen molar-refractivity contribution in [1.82, 2.24) is 5.06 Å². The van der Waals surface area contributed by atoms with Gasteiger partial charge in [-0.05, 0) is 81.0 Å². The molecule has 180 valence electrons. The summed E-state index contributed by atoms with van der Waals surface area (Å²) in [7, 11) is 1.70. The lowest BCUT2D eigenvalue weighted by Gasteiger charge is -2.46. The van der Waals surface area contributed by atoms with Gasteiger partial charge in [-0.2, -0.15) is 0 Å². The number of nitrogens with two attached hydrogens (primary N) is 1. The third-order valence-corrected chi connectivity index (χ3v) is 7.97. The van der Waals surface area contributed by atoms with E-state index >= 15 is 0 Å². The molecule has 0 radical (unpaired) electrons. The molecule has 34 heavy (non-hydrogen) atoms. The molecule has 5 rings (SSSR count). The van der Waals surface area contributed by atoms with Gasteiger partial charge in [-0.3, -0.25) is 0 Å². The zero-order chi connectivity index (χ0) is 23.5. The van der Waals surface area contributed by atoms with Gasteiger partial charge in [0.25, 0.3) is 0 Å². The first-order valence-electron chi connectivity index (χ1n) is 12.2. The van der Waals surface area contributed by atoms with E-state index < -0.39 is 5.41 Å². The highest BCUT2D eigenvalue weighted by molar-refractivity contribution is 7.10. The minimum atomic E-state index is -0.490. The lowest BCUT2D eigenvalue weighted by atomic mass is 9.65. The second kappa shape index (κ2) is 9.99. The lowest BCUT2D eigenvalue weighted by molar-refractivity contribution is -0.155. The summed E-state index contributed by atoms with van der Waals surface area (Å²) in [6.45, 7) is 1.94. The largest absolute Gasteiger partial charge is 0.493 e. The Bertz CT molecular complexity index is 1070. The van der Waals surface area contributed by atoms with Gasteiger partial charge in [0.1, 0.15) is 6.34 Å². The summed E-state index contributed by atoms with van der Waals surface area (Å²) in [6, 6.07) is 10.4. The van der Waals surface area contributed by atoms with Gasteiger partial charge in [0, 0.05) is 6.04 Å². The number of benzene rings is 1. The van der Waals surface area contributed by atoms with Crippen LogP contribution < -0.4 is 15.2 Å². The summed E-state index contributed by atoms with van der Waals surface area (Å²) in [4.78, 5) is 11.6. The third kappa shape index (κ3) is 4.68. The van der Waals surface area contributed by atoms with E-state index in [9.17, 15) is 0 Å². The molecule has 2 heterocycles. The number of thiophene rings is 1. The Morgan fingerprint density at radius 2 is 2.06 bits per heavy atom. The topological polar surface area (TPSA) is 69.3 Å². The molecule has 2 unspecified atom stereocenters. The summed E-state index contributed by atoms with van der Waals surface area (Å²) >= 11 is 1.66. The zero-order valence-corrected chi connectivity index (χ0v) is 20.7. The van der Waals surface area contributed by atoms with Crippen molar-refractivity contribution in [1.29, 1.82) is 0 Å². The number of ether oxygens (including phenoxy) is 2. The van der Waals surface area contributed by atoms with Gasteiger partial charge in [-0.1, -0.05) is 24.0 Å². The first-order valence-corrected chi connectivity index (χ1v) is 13.1. The fourth-order valence-corrected chi connectivity index (χ4v) is 5.93. The van der Waals surface area contributed by atoms with Crippen LogP contribution in [0.1, 0.15) is 62.3 Å². The molecule has 3 aliphatic rings. The molecule has 0 saturated heterocycles. The molecule has 1 aromatic heterocycles. The number of hydrogen-bond donors (Lipinski definition) is 1. The van der Waals surface area contributed by atoms with Gasteiger partial charge in [0.05, 0.1) is 29.5 Å². The molecule has 1 aromatic carbocycles. The first-order chi connectivity index (χ1) is 16.6. The van der Waals surface area contributed by atoms with E-state index in [0.29, 0.717) is 0 Å². The normalized spacial score (nSPS) is 29.1. The van der Waals surface area contributed by atoms with Crippen molar-refractivity contribution < 1.29 is 14.3 Å². The van der Waals surface area contributed by atoms with Crippen molar-refractivity contribution in [2.75, 3.05) is 7.11 Å². The number of hydrogen-bond acceptors (Lipinski definition) is 7. The summed E-state index contributed by atoms with van der Waals surface area (Å²) in [5.41, 5.74) is 7.10. The maximum atomic E-state index is 6.48. The minimum Gasteiger partial charge on any atom is -0.493 e. The first kappa shape index (κ1) is 23.2. The van der Waals surface area contributed by atoms with E-state index in [-0.39, 0.29) is 24.4 Å². The summed E-state index contributed by atoms with van der Waals surface area (Å²) in [6.07, 6.45) is 8.92. The molecule has 2 aromatic rings. The van der Waals surface area contributed by atoms with E-state index in [1.807, 2.05) is 24.1 Å². The quantitative estimate of drug-likeness (QED) is 0.620. The van der Waals surface area contributed by atoms with Crippen LogP contribution in [0, 0.1) is 11.8 Å². The van der Waals surface area contributed by atoms with Crippen LogP contribution in [0.3, 0.4) is 0 Å². The fraction of sp³-hybridized carbons (Fsp3) is 0.519. The molecule has 1 aliphatic heterocycles. The van der Waals surface area contributed by atoms with E-state index in [1.54, 1.807) is 24.8 Å². The highest BCUT2D eigenvalue weighted by atomic mass is 32.1. The van der Waals surface area contributed by atoms with Crippen LogP contribution in [0.5, 0.6) is 11.5 Å². The fourth-order valence-electron chi connectivity index (χ4n) is 5.36. The molecular weight excluding hydrogens is 446 g/mol. The molecule has 2 fully saturated rings. The zero-order valence-electron chi connectivity index (χ0n) is 19.9. The molecule has 2 aliphatic carbocycles. The molecular formula is C27H33N3O3S. The summed E-state index contributed by atoms with van der Waals surface area (Å²) in [5, 5.41) is 3.94. The molecule has 2 N–H and O–H groups in total. The molecule has 0 bridgehead atoms. The number of hydroxylamine groups is 2. The number of methoxy groups -OCH3 is 1. The maximum Gasteiger partial charge on any atom is 0.174 e. The van der Waals surface area contributed by atoms with Crippen LogP contribution in [-0.2, 0) is 10.3 Å². The van der Waals surface area contributed by atoms with E-state index in [2.05, 4.69) is 40.4 Å². The summed E-state index contributed by atoms with van der Waals surface area (Å²) < 4.78 is 12.1. The Kier molecular flexibility index (Phi) is 6.82. The predicted octanol–water partition coefficient (Wildman–Crippen LogP) is 4.87. The predicted molar refractivity (Wildman–Crippen MR) is 135 cm³/mol. The van der Waals surface area contributed by atoms with Crippen LogP contribution in [-0.4, -0.2) is 42.9 Å². The number of rotatable bonds is 5.